The van der Waals surface area contributed by atoms with Crippen LogP contribution in [0, 0.1) is 17.7 Å². The van der Waals surface area contributed by atoms with Crippen molar-refractivity contribution >= 4 is 0 Å². The lowest BCUT2D eigenvalue weighted by Gasteiger charge is -2.41. The van der Waals surface area contributed by atoms with Crippen molar-refractivity contribution in [3.8, 4) is 16.9 Å². The Morgan fingerprint density at radius 2 is 1.79 bits per heavy atom. The number of alkyl halides is 3. The third-order valence-electron chi connectivity index (χ3n) is 6.60. The van der Waals surface area contributed by atoms with E-state index in [1.54, 1.807) is 6.07 Å². The van der Waals surface area contributed by atoms with Gasteiger partial charge in [-0.1, -0.05) is 31.9 Å². The normalized spacial score (nSPS) is 24.0. The molecule has 5 heteroatoms. The summed E-state index contributed by atoms with van der Waals surface area (Å²) in [6.07, 6.45) is 3.47. The fourth-order valence-corrected chi connectivity index (χ4v) is 5.35. The first-order chi connectivity index (χ1) is 13.8. The molecule has 1 fully saturated rings. The van der Waals surface area contributed by atoms with E-state index in [2.05, 4.69) is 11.7 Å². The van der Waals surface area contributed by atoms with Gasteiger partial charge in [-0.3, -0.25) is 0 Å². The van der Waals surface area contributed by atoms with Crippen molar-refractivity contribution in [2.24, 2.45) is 11.8 Å². The summed E-state index contributed by atoms with van der Waals surface area (Å²) in [5.41, 5.74) is 3.34. The Morgan fingerprint density at radius 1 is 1.03 bits per heavy atom. The Morgan fingerprint density at radius 3 is 2.48 bits per heavy atom. The van der Waals surface area contributed by atoms with Gasteiger partial charge in [0.15, 0.2) is 0 Å². The predicted molar refractivity (Wildman–Crippen MR) is 105 cm³/mol. The average molecular weight is 406 g/mol. The highest BCUT2D eigenvalue weighted by molar-refractivity contribution is 5.67. The third-order valence-corrected chi connectivity index (χ3v) is 6.60. The molecule has 156 valence electrons. The number of benzene rings is 2. The molecule has 3 atom stereocenters. The van der Waals surface area contributed by atoms with Crippen LogP contribution in [-0.4, -0.2) is 6.36 Å². The molecule has 4 rings (SSSR count). The van der Waals surface area contributed by atoms with Crippen LogP contribution in [0.3, 0.4) is 0 Å². The Labute approximate surface area is 169 Å². The van der Waals surface area contributed by atoms with E-state index in [-0.39, 0.29) is 11.6 Å². The van der Waals surface area contributed by atoms with Crippen LogP contribution in [0.25, 0.3) is 11.1 Å². The zero-order valence-corrected chi connectivity index (χ0v) is 16.6. The SMILES string of the molecule is CCC[C@@H]1CC[C@@H]2c3cc(F)c(-c4ccc(OC(F)(F)F)cc4)cc3CC[C@@H]2C1. The number of halogens is 4. The molecule has 0 bridgehead atoms. The van der Waals surface area contributed by atoms with E-state index < -0.39 is 6.36 Å². The van der Waals surface area contributed by atoms with Gasteiger partial charge in [0.1, 0.15) is 11.6 Å². The van der Waals surface area contributed by atoms with Gasteiger partial charge in [-0.25, -0.2) is 4.39 Å². The minimum atomic E-state index is -4.73. The molecule has 0 aliphatic heterocycles. The molecule has 2 aliphatic carbocycles. The van der Waals surface area contributed by atoms with Crippen molar-refractivity contribution in [2.45, 2.75) is 64.1 Å². The minimum absolute atomic E-state index is 0.300. The van der Waals surface area contributed by atoms with E-state index in [9.17, 15) is 17.6 Å². The van der Waals surface area contributed by atoms with E-state index in [4.69, 9.17) is 0 Å². The van der Waals surface area contributed by atoms with E-state index >= 15 is 0 Å². The number of aryl methyl sites for hydroxylation is 1. The van der Waals surface area contributed by atoms with Gasteiger partial charge >= 0.3 is 6.36 Å². The standard InChI is InChI=1S/C24H26F4O/c1-2-3-15-4-11-20-17(12-15)5-6-18-13-22(23(25)14-21(18)20)16-7-9-19(10-8-16)29-24(26,27)28/h7-10,13-15,17,20H,2-6,11-12H2,1H3/t15-,17-,20+/m1/s1. The van der Waals surface area contributed by atoms with Crippen LogP contribution in [0.2, 0.25) is 0 Å². The Kier molecular flexibility index (Phi) is 5.58. The molecule has 29 heavy (non-hydrogen) atoms. The van der Waals surface area contributed by atoms with Crippen LogP contribution in [-0.2, 0) is 6.42 Å². The van der Waals surface area contributed by atoms with Crippen molar-refractivity contribution < 1.29 is 22.3 Å². The molecular formula is C24H26F4O. The Balaban J connectivity index is 1.57. The third kappa shape index (κ3) is 4.44. The number of fused-ring (bicyclic) bond motifs is 3. The Hall–Kier alpha value is -2.04. The topological polar surface area (TPSA) is 9.23 Å². The minimum Gasteiger partial charge on any atom is -0.406 e. The van der Waals surface area contributed by atoms with Gasteiger partial charge < -0.3 is 4.74 Å². The lowest BCUT2D eigenvalue weighted by molar-refractivity contribution is -0.274. The van der Waals surface area contributed by atoms with Gasteiger partial charge in [-0.15, -0.1) is 13.2 Å². The van der Waals surface area contributed by atoms with Gasteiger partial charge in [0.2, 0.25) is 0 Å². The number of hydrogen-bond acceptors (Lipinski definition) is 1. The summed E-state index contributed by atoms with van der Waals surface area (Å²) in [6, 6.07) is 9.00. The number of ether oxygens (including phenoxy) is 1. The van der Waals surface area contributed by atoms with Crippen molar-refractivity contribution in [1.82, 2.24) is 0 Å². The van der Waals surface area contributed by atoms with Crippen LogP contribution < -0.4 is 4.74 Å². The highest BCUT2D eigenvalue weighted by atomic mass is 19.4. The smallest absolute Gasteiger partial charge is 0.406 e. The molecule has 0 heterocycles. The fraction of sp³-hybridized carbons (Fsp3) is 0.500. The van der Waals surface area contributed by atoms with Crippen LogP contribution in [0.5, 0.6) is 5.75 Å². The lowest BCUT2D eigenvalue weighted by atomic mass is 9.64. The molecule has 0 saturated heterocycles. The maximum Gasteiger partial charge on any atom is 0.573 e. The van der Waals surface area contributed by atoms with E-state index in [0.29, 0.717) is 23.0 Å². The molecule has 1 saturated carbocycles. The molecule has 0 spiro atoms. The van der Waals surface area contributed by atoms with Crippen LogP contribution in [0.1, 0.15) is 62.5 Å². The van der Waals surface area contributed by atoms with Gasteiger partial charge in [0, 0.05) is 5.56 Å². The molecule has 2 aromatic carbocycles. The van der Waals surface area contributed by atoms with Gasteiger partial charge in [-0.05, 0) is 90.8 Å². The van der Waals surface area contributed by atoms with Gasteiger partial charge in [0.05, 0.1) is 0 Å². The maximum absolute atomic E-state index is 15.0. The summed E-state index contributed by atoms with van der Waals surface area (Å²) in [7, 11) is 0. The quantitative estimate of drug-likeness (QED) is 0.474. The highest BCUT2D eigenvalue weighted by Crippen LogP contribution is 2.48. The maximum atomic E-state index is 15.0. The predicted octanol–water partition coefficient (Wildman–Crippen LogP) is 7.64. The van der Waals surface area contributed by atoms with Crippen LogP contribution in [0.15, 0.2) is 36.4 Å². The van der Waals surface area contributed by atoms with E-state index in [0.717, 1.165) is 30.7 Å². The summed E-state index contributed by atoms with van der Waals surface area (Å²) in [5.74, 6) is 1.30. The summed E-state index contributed by atoms with van der Waals surface area (Å²) in [5, 5.41) is 0. The Bertz CT molecular complexity index is 856. The first kappa shape index (κ1) is 20.2. The summed E-state index contributed by atoms with van der Waals surface area (Å²) < 4.78 is 55.9. The van der Waals surface area contributed by atoms with Crippen LogP contribution in [0.4, 0.5) is 17.6 Å². The molecule has 0 radical (unpaired) electrons. The first-order valence-corrected chi connectivity index (χ1v) is 10.5. The molecule has 0 unspecified atom stereocenters. The zero-order valence-electron chi connectivity index (χ0n) is 16.6. The molecule has 2 aromatic rings. The molecule has 0 amide bonds. The number of rotatable bonds is 4. The average Bonchev–Trinajstić information content (AvgIpc) is 2.67. The molecule has 2 aliphatic rings. The second-order valence-corrected chi connectivity index (χ2v) is 8.48. The van der Waals surface area contributed by atoms with E-state index in [1.165, 1.54) is 55.5 Å². The van der Waals surface area contributed by atoms with Crippen molar-refractivity contribution in [3.63, 3.8) is 0 Å². The van der Waals surface area contributed by atoms with Crippen molar-refractivity contribution in [2.75, 3.05) is 0 Å². The molecule has 0 aromatic heterocycles. The van der Waals surface area contributed by atoms with Gasteiger partial charge in [0.25, 0.3) is 0 Å². The first-order valence-electron chi connectivity index (χ1n) is 10.5. The van der Waals surface area contributed by atoms with Crippen LogP contribution >= 0.6 is 0 Å². The summed E-state index contributed by atoms with van der Waals surface area (Å²) >= 11 is 0. The van der Waals surface area contributed by atoms with Gasteiger partial charge in [-0.2, -0.15) is 0 Å². The summed E-state index contributed by atoms with van der Waals surface area (Å²) in [6.45, 7) is 2.24. The molecule has 0 N–H and O–H groups in total. The molecular weight excluding hydrogens is 380 g/mol. The lowest BCUT2D eigenvalue weighted by Crippen LogP contribution is -2.28. The monoisotopic (exact) mass is 406 g/mol. The van der Waals surface area contributed by atoms with E-state index in [1.807, 2.05) is 6.07 Å². The largest absolute Gasteiger partial charge is 0.573 e. The van der Waals surface area contributed by atoms with Crippen molar-refractivity contribution in [1.29, 1.82) is 0 Å². The fourth-order valence-electron chi connectivity index (χ4n) is 5.35. The highest BCUT2D eigenvalue weighted by Gasteiger charge is 2.35. The summed E-state index contributed by atoms with van der Waals surface area (Å²) in [4.78, 5) is 0. The second-order valence-electron chi connectivity index (χ2n) is 8.48. The van der Waals surface area contributed by atoms with Crippen molar-refractivity contribution in [3.05, 3.63) is 53.3 Å². The second kappa shape index (κ2) is 8.00. The number of hydrogen-bond donors (Lipinski definition) is 0. The zero-order chi connectivity index (χ0) is 20.6. The molecule has 1 nitrogen and oxygen atoms in total.